The number of carbonyl (C=O) groups excluding carboxylic acids is 2. The monoisotopic (exact) mass is 852 g/mol. The van der Waals surface area contributed by atoms with E-state index in [1.165, 1.54) is 40.7 Å². The smallest absolute Gasteiger partial charge is 0.244 e. The number of hydrogen-bond donors (Lipinski definition) is 2. The van der Waals surface area contributed by atoms with Crippen LogP contribution in [0.25, 0.3) is 0 Å². The van der Waals surface area contributed by atoms with Gasteiger partial charge in [0, 0.05) is 30.5 Å². The molecule has 4 aliphatic heterocycles. The fraction of sp³-hybridized carbons (Fsp3) is 0.391. The maximum atomic E-state index is 17.0. The summed E-state index contributed by atoms with van der Waals surface area (Å²) in [5.74, 6) is -2.93. The van der Waals surface area contributed by atoms with Crippen LogP contribution in [-0.2, 0) is 32.2 Å². The third-order valence-corrected chi connectivity index (χ3v) is 16.0. The maximum absolute atomic E-state index is 17.0. The zero-order chi connectivity index (χ0) is 41.2. The summed E-state index contributed by atoms with van der Waals surface area (Å²) in [6.07, 6.45) is 4.98. The molecular formula is C46H44F4N6O2S2. The number of carbonyl (C=O) groups is 2. The molecule has 0 aromatic heterocycles. The van der Waals surface area contributed by atoms with Crippen LogP contribution in [0.3, 0.4) is 0 Å². The van der Waals surface area contributed by atoms with Crippen LogP contribution in [-0.4, -0.2) is 58.1 Å². The van der Waals surface area contributed by atoms with Gasteiger partial charge >= 0.3 is 0 Å². The highest BCUT2D eigenvalue weighted by Crippen LogP contribution is 2.57. The Morgan fingerprint density at radius 2 is 1.35 bits per heavy atom. The quantitative estimate of drug-likeness (QED) is 0.173. The Morgan fingerprint density at radius 1 is 0.717 bits per heavy atom. The van der Waals surface area contributed by atoms with Crippen LogP contribution in [0.4, 0.5) is 17.6 Å². The Kier molecular flexibility index (Phi) is 10.4. The zero-order valence-electron chi connectivity index (χ0n) is 32.9. The van der Waals surface area contributed by atoms with Gasteiger partial charge < -0.3 is 10.6 Å². The lowest BCUT2D eigenvalue weighted by Gasteiger charge is -2.34. The van der Waals surface area contributed by atoms with Crippen LogP contribution in [0.1, 0.15) is 89.8 Å². The third kappa shape index (κ3) is 6.87. The summed E-state index contributed by atoms with van der Waals surface area (Å²) >= 11 is 2.62. The lowest BCUT2D eigenvalue weighted by Crippen LogP contribution is -2.40. The second-order valence-corrected chi connectivity index (χ2v) is 19.4. The normalized spacial score (nSPS) is 26.8. The Morgan fingerprint density at radius 3 is 2.03 bits per heavy atom. The first-order chi connectivity index (χ1) is 29.1. The molecule has 5 atom stereocenters. The van der Waals surface area contributed by atoms with Gasteiger partial charge in [-0.2, -0.15) is 10.2 Å². The number of piperidine rings is 1. The molecule has 2 fully saturated rings. The number of nitrogens with zero attached hydrogens (tertiary/aromatic N) is 4. The summed E-state index contributed by atoms with van der Waals surface area (Å²) in [7, 11) is 0. The Balaban J connectivity index is 0.890. The molecule has 4 aromatic carbocycles. The molecule has 310 valence electrons. The molecule has 5 unspecified atom stereocenters. The van der Waals surface area contributed by atoms with Crippen LogP contribution in [0.2, 0.25) is 0 Å². The minimum atomic E-state index is -0.885. The fourth-order valence-electron chi connectivity index (χ4n) is 10.2. The van der Waals surface area contributed by atoms with Crippen molar-refractivity contribution in [1.29, 1.82) is 0 Å². The number of hydrazone groups is 2. The Labute approximate surface area is 354 Å². The molecule has 14 heteroatoms. The van der Waals surface area contributed by atoms with E-state index in [-0.39, 0.29) is 62.8 Å². The van der Waals surface area contributed by atoms with Gasteiger partial charge in [-0.1, -0.05) is 72.1 Å². The summed E-state index contributed by atoms with van der Waals surface area (Å²) in [5.41, 5.74) is 4.43. The first kappa shape index (κ1) is 39.6. The summed E-state index contributed by atoms with van der Waals surface area (Å²) in [4.78, 5) is 26.5. The van der Waals surface area contributed by atoms with Crippen molar-refractivity contribution in [2.45, 2.75) is 73.4 Å². The SMILES string of the molecule is O=C(CCC1CNCC(c2cc(F)cc(C3=NN(C(=O)CC4CCNC4)C4(CCc5ccccc54)S3)c2F)C1)N1N=C(c2cc(F)ccc2F)SC12CCc1ccccc12. The number of halogens is 4. The predicted octanol–water partition coefficient (Wildman–Crippen LogP) is 8.49. The van der Waals surface area contributed by atoms with E-state index in [2.05, 4.69) is 21.8 Å². The van der Waals surface area contributed by atoms with E-state index in [4.69, 9.17) is 5.10 Å². The third-order valence-electron chi connectivity index (χ3n) is 13.1. The minimum absolute atomic E-state index is 0.0148. The van der Waals surface area contributed by atoms with Gasteiger partial charge in [0.15, 0.2) is 0 Å². The molecule has 2 amide bonds. The highest BCUT2D eigenvalue weighted by Gasteiger charge is 2.54. The molecule has 0 saturated carbocycles. The summed E-state index contributed by atoms with van der Waals surface area (Å²) in [6.45, 7) is 2.65. The van der Waals surface area contributed by atoms with Crippen LogP contribution in [0, 0.1) is 35.1 Å². The number of rotatable bonds is 8. The second kappa shape index (κ2) is 15.8. The molecule has 60 heavy (non-hydrogen) atoms. The molecule has 2 aliphatic carbocycles. The number of aryl methyl sites for hydroxylation is 2. The average molecular weight is 853 g/mol. The van der Waals surface area contributed by atoms with E-state index >= 15 is 13.2 Å². The number of fused-ring (bicyclic) bond motifs is 4. The van der Waals surface area contributed by atoms with Gasteiger partial charge in [0.05, 0.1) is 0 Å². The highest BCUT2D eigenvalue weighted by molar-refractivity contribution is 8.15. The summed E-state index contributed by atoms with van der Waals surface area (Å²) in [6, 6.07) is 21.6. The van der Waals surface area contributed by atoms with Gasteiger partial charge in [-0.3, -0.25) is 9.59 Å². The molecule has 2 saturated heterocycles. The van der Waals surface area contributed by atoms with Gasteiger partial charge in [-0.15, -0.1) is 0 Å². The number of hydrogen-bond acceptors (Lipinski definition) is 8. The largest absolute Gasteiger partial charge is 0.316 e. The van der Waals surface area contributed by atoms with Crippen LogP contribution >= 0.6 is 23.5 Å². The lowest BCUT2D eigenvalue weighted by molar-refractivity contribution is -0.136. The van der Waals surface area contributed by atoms with Crippen molar-refractivity contribution in [2.24, 2.45) is 22.0 Å². The number of thioether (sulfide) groups is 2. The van der Waals surface area contributed by atoms with Gasteiger partial charge in [0.1, 0.15) is 43.1 Å². The van der Waals surface area contributed by atoms with E-state index in [0.717, 1.165) is 66.4 Å². The number of amides is 2. The topological polar surface area (TPSA) is 89.4 Å². The molecule has 2 N–H and O–H groups in total. The van der Waals surface area contributed by atoms with Gasteiger partial charge in [0.25, 0.3) is 0 Å². The van der Waals surface area contributed by atoms with Crippen molar-refractivity contribution in [3.05, 3.63) is 141 Å². The molecule has 0 radical (unpaired) electrons. The standard InChI is InChI=1S/C46H44F4N6O2S2/c47-32-10-11-39(49)35(21-32)43-53-55(45(59-43)16-13-29-5-1-3-7-37(29)45)40(57)12-9-27-19-31(26-52-25-27)34-22-33(48)23-36(42(34)50)44-54-56(41(58)20-28-15-18-51-24-28)46(60-44)17-14-30-6-2-4-8-38(30)46/h1-8,10-11,21-23,27-28,31,51-52H,9,12-20,24-26H2. The molecule has 10 rings (SSSR count). The number of nitrogens with one attached hydrogen (secondary N) is 2. The van der Waals surface area contributed by atoms with Crippen LogP contribution < -0.4 is 10.6 Å². The summed E-state index contributed by atoms with van der Waals surface area (Å²) < 4.78 is 62.0. The van der Waals surface area contributed by atoms with Gasteiger partial charge in [0.2, 0.25) is 11.8 Å². The molecule has 6 aliphatic rings. The predicted molar refractivity (Wildman–Crippen MR) is 226 cm³/mol. The average Bonchev–Trinajstić information content (AvgIpc) is 4.11. The Bertz CT molecular complexity index is 2460. The van der Waals surface area contributed by atoms with E-state index < -0.39 is 33.0 Å². The molecular weight excluding hydrogens is 809 g/mol. The molecule has 0 bridgehead atoms. The van der Waals surface area contributed by atoms with Crippen LogP contribution in [0.5, 0.6) is 0 Å². The van der Waals surface area contributed by atoms with Crippen molar-refractivity contribution in [1.82, 2.24) is 20.7 Å². The fourth-order valence-corrected chi connectivity index (χ4v) is 13.1. The maximum Gasteiger partial charge on any atom is 0.244 e. The van der Waals surface area contributed by atoms with E-state index in [1.807, 2.05) is 42.5 Å². The van der Waals surface area contributed by atoms with Crippen molar-refractivity contribution in [3.63, 3.8) is 0 Å². The Hall–Kier alpha value is -4.50. The molecule has 4 aromatic rings. The molecule has 2 spiro atoms. The minimum Gasteiger partial charge on any atom is -0.316 e. The second-order valence-electron chi connectivity index (χ2n) is 16.8. The number of benzene rings is 4. The van der Waals surface area contributed by atoms with Crippen LogP contribution in [0.15, 0.2) is 89.1 Å². The van der Waals surface area contributed by atoms with Crippen molar-refractivity contribution < 1.29 is 27.2 Å². The van der Waals surface area contributed by atoms with E-state index in [0.29, 0.717) is 51.6 Å². The molecule has 8 nitrogen and oxygen atoms in total. The van der Waals surface area contributed by atoms with Gasteiger partial charge in [-0.25, -0.2) is 27.6 Å². The molecule has 4 heterocycles. The van der Waals surface area contributed by atoms with Gasteiger partial charge in [-0.05, 0) is 140 Å². The highest BCUT2D eigenvalue weighted by atomic mass is 32.2. The first-order valence-corrected chi connectivity index (χ1v) is 22.5. The lowest BCUT2D eigenvalue weighted by atomic mass is 9.82. The summed E-state index contributed by atoms with van der Waals surface area (Å²) in [5, 5.41) is 19.8. The van der Waals surface area contributed by atoms with Crippen molar-refractivity contribution in [3.8, 4) is 0 Å². The van der Waals surface area contributed by atoms with E-state index in [1.54, 1.807) is 5.01 Å². The van der Waals surface area contributed by atoms with Crippen molar-refractivity contribution >= 4 is 45.4 Å². The zero-order valence-corrected chi connectivity index (χ0v) is 34.5. The first-order valence-electron chi connectivity index (χ1n) is 20.9. The van der Waals surface area contributed by atoms with Crippen molar-refractivity contribution in [2.75, 3.05) is 26.2 Å². The van der Waals surface area contributed by atoms with E-state index in [9.17, 15) is 14.0 Å².